The third kappa shape index (κ3) is 3.86. The summed E-state index contributed by atoms with van der Waals surface area (Å²) >= 11 is 0. The molecule has 12 heteroatoms. The number of alkyl halides is 3. The van der Waals surface area contributed by atoms with Crippen LogP contribution in [0.2, 0.25) is 0 Å². The van der Waals surface area contributed by atoms with Crippen LogP contribution in [0.3, 0.4) is 0 Å². The first kappa shape index (κ1) is 23.1. The van der Waals surface area contributed by atoms with Gasteiger partial charge in [0.25, 0.3) is 11.5 Å². The number of furan rings is 1. The Bertz CT molecular complexity index is 1370. The van der Waals surface area contributed by atoms with E-state index in [9.17, 15) is 27.2 Å². The summed E-state index contributed by atoms with van der Waals surface area (Å²) in [5.41, 5.74) is -0.103. The van der Waals surface area contributed by atoms with Gasteiger partial charge in [0.15, 0.2) is 5.82 Å². The van der Waals surface area contributed by atoms with Gasteiger partial charge in [-0.1, -0.05) is 0 Å². The second-order valence-electron chi connectivity index (χ2n) is 8.91. The van der Waals surface area contributed by atoms with Crippen LogP contribution in [0.15, 0.2) is 39.8 Å². The normalized spacial score (nSPS) is 21.2. The molecule has 5 rings (SSSR count). The molecule has 3 aromatic heterocycles. The van der Waals surface area contributed by atoms with Crippen LogP contribution in [0, 0.1) is 24.6 Å². The topological polar surface area (TPSA) is 84.5 Å². The highest BCUT2D eigenvalue weighted by molar-refractivity contribution is 5.95. The fourth-order valence-electron chi connectivity index (χ4n) is 4.94. The van der Waals surface area contributed by atoms with Crippen molar-refractivity contribution in [3.63, 3.8) is 0 Å². The first-order valence-corrected chi connectivity index (χ1v) is 10.8. The van der Waals surface area contributed by atoms with E-state index in [1.54, 1.807) is 14.1 Å². The van der Waals surface area contributed by atoms with Gasteiger partial charge in [-0.15, -0.1) is 0 Å². The van der Waals surface area contributed by atoms with Gasteiger partial charge in [-0.3, -0.25) is 19.1 Å². The molecular formula is C23H21F4N5O3. The zero-order valence-corrected chi connectivity index (χ0v) is 19.0. The van der Waals surface area contributed by atoms with Crippen LogP contribution in [0.1, 0.15) is 21.9 Å². The summed E-state index contributed by atoms with van der Waals surface area (Å²) in [6.07, 6.45) is -2.20. The average Bonchev–Trinajstić information content (AvgIpc) is 3.10. The Morgan fingerprint density at radius 1 is 1.23 bits per heavy atom. The highest BCUT2D eigenvalue weighted by Gasteiger charge is 2.59. The minimum atomic E-state index is -4.67. The Kier molecular flexibility index (Phi) is 5.22. The van der Waals surface area contributed by atoms with E-state index in [1.165, 1.54) is 34.7 Å². The summed E-state index contributed by atoms with van der Waals surface area (Å²) in [5, 5.41) is 0. The number of aromatic nitrogens is 3. The number of hydrogen-bond donors (Lipinski definition) is 0. The number of rotatable bonds is 4. The maximum absolute atomic E-state index is 14.2. The van der Waals surface area contributed by atoms with E-state index in [0.29, 0.717) is 19.0 Å². The number of piperidine rings is 1. The van der Waals surface area contributed by atoms with Gasteiger partial charge < -0.3 is 14.2 Å². The van der Waals surface area contributed by atoms with Crippen LogP contribution in [0.25, 0.3) is 11.3 Å². The molecule has 4 heterocycles. The standard InChI is InChI=1S/C23H21F4N5O3/c1-11-13(6-18(35-11)23(25,26)27)21(34)32-9-14-15(10-32)20(14)31(3)22-29-17(7-19(33)30(22)2)12-4-5-28-8-16(12)24/h4-8,14-15,20H,9-10H2,1-3H3/t14-,15+,20?. The van der Waals surface area contributed by atoms with Crippen molar-refractivity contribution in [3.8, 4) is 11.3 Å². The van der Waals surface area contributed by atoms with Gasteiger partial charge in [0.1, 0.15) is 5.76 Å². The van der Waals surface area contributed by atoms with E-state index in [4.69, 9.17) is 4.42 Å². The molecule has 2 aliphatic rings. The average molecular weight is 491 g/mol. The highest BCUT2D eigenvalue weighted by Crippen LogP contribution is 2.49. The summed E-state index contributed by atoms with van der Waals surface area (Å²) < 4.78 is 59.1. The van der Waals surface area contributed by atoms with E-state index < -0.39 is 23.7 Å². The second kappa shape index (κ2) is 7.92. The number of pyridine rings is 1. The molecule has 1 unspecified atom stereocenters. The van der Waals surface area contributed by atoms with Gasteiger partial charge in [-0.2, -0.15) is 13.2 Å². The lowest BCUT2D eigenvalue weighted by Crippen LogP contribution is -2.38. The minimum Gasteiger partial charge on any atom is -0.456 e. The van der Waals surface area contributed by atoms with Crippen LogP contribution in [0.5, 0.6) is 0 Å². The zero-order chi connectivity index (χ0) is 25.2. The van der Waals surface area contributed by atoms with Gasteiger partial charge in [-0.05, 0) is 13.0 Å². The number of carbonyl (C=O) groups is 1. The van der Waals surface area contributed by atoms with Gasteiger partial charge >= 0.3 is 6.18 Å². The molecule has 1 amide bonds. The predicted molar refractivity (Wildman–Crippen MR) is 116 cm³/mol. The number of likely N-dealkylation sites (tertiary alicyclic amines) is 1. The molecule has 3 aromatic rings. The third-order valence-electron chi connectivity index (χ3n) is 6.79. The monoisotopic (exact) mass is 491 g/mol. The summed E-state index contributed by atoms with van der Waals surface area (Å²) in [6, 6.07) is 3.42. The first-order chi connectivity index (χ1) is 16.5. The third-order valence-corrected chi connectivity index (χ3v) is 6.79. The number of halogens is 4. The molecule has 1 aliphatic carbocycles. The molecule has 184 valence electrons. The van der Waals surface area contributed by atoms with E-state index >= 15 is 0 Å². The number of amides is 1. The predicted octanol–water partition coefficient (Wildman–Crippen LogP) is 3.11. The van der Waals surface area contributed by atoms with Gasteiger partial charge in [-0.25, -0.2) is 9.37 Å². The number of aryl methyl sites for hydroxylation is 1. The van der Waals surface area contributed by atoms with Crippen LogP contribution >= 0.6 is 0 Å². The van der Waals surface area contributed by atoms with Gasteiger partial charge in [0, 0.05) is 69.0 Å². The molecule has 1 saturated carbocycles. The zero-order valence-electron chi connectivity index (χ0n) is 19.0. The molecule has 0 spiro atoms. The Morgan fingerprint density at radius 2 is 1.91 bits per heavy atom. The SMILES string of the molecule is Cc1oc(C(F)(F)F)cc1C(=O)N1C[C@@H]2C(N(C)c3nc(-c4ccncc4F)cc(=O)n3C)[C@@H]2C1. The Hall–Kier alpha value is -3.70. The Morgan fingerprint density at radius 3 is 2.51 bits per heavy atom. The Balaban J connectivity index is 1.33. The smallest absolute Gasteiger partial charge is 0.449 e. The van der Waals surface area contributed by atoms with E-state index in [1.807, 2.05) is 4.90 Å². The molecule has 1 aliphatic heterocycles. The van der Waals surface area contributed by atoms with Crippen molar-refractivity contribution in [1.82, 2.24) is 19.4 Å². The van der Waals surface area contributed by atoms with Gasteiger partial charge in [0.2, 0.25) is 11.7 Å². The molecule has 2 fully saturated rings. The van der Waals surface area contributed by atoms with E-state index in [2.05, 4.69) is 9.97 Å². The van der Waals surface area contributed by atoms with Crippen molar-refractivity contribution >= 4 is 11.9 Å². The molecule has 0 radical (unpaired) electrons. The maximum atomic E-state index is 14.2. The number of anilines is 1. The van der Waals surface area contributed by atoms with Crippen molar-refractivity contribution in [1.29, 1.82) is 0 Å². The lowest BCUT2D eigenvalue weighted by atomic mass is 10.2. The van der Waals surface area contributed by atoms with Crippen molar-refractivity contribution in [2.24, 2.45) is 18.9 Å². The number of fused-ring (bicyclic) bond motifs is 1. The Labute approximate surface area is 196 Å². The number of carbonyl (C=O) groups excluding carboxylic acids is 1. The lowest BCUT2D eigenvalue weighted by molar-refractivity contribution is -0.153. The van der Waals surface area contributed by atoms with Crippen molar-refractivity contribution in [2.75, 3.05) is 25.0 Å². The fourth-order valence-corrected chi connectivity index (χ4v) is 4.94. The van der Waals surface area contributed by atoms with Gasteiger partial charge in [0.05, 0.1) is 17.5 Å². The molecule has 0 bridgehead atoms. The van der Waals surface area contributed by atoms with Crippen molar-refractivity contribution < 1.29 is 26.8 Å². The minimum absolute atomic E-state index is 0.0223. The maximum Gasteiger partial charge on any atom is 0.449 e. The first-order valence-electron chi connectivity index (χ1n) is 10.8. The fraction of sp³-hybridized carbons (Fsp3) is 0.391. The number of nitrogens with zero attached hydrogens (tertiary/aromatic N) is 5. The van der Waals surface area contributed by atoms with Crippen LogP contribution in [-0.2, 0) is 13.2 Å². The largest absolute Gasteiger partial charge is 0.456 e. The molecular weight excluding hydrogens is 470 g/mol. The highest BCUT2D eigenvalue weighted by atomic mass is 19.4. The van der Waals surface area contributed by atoms with Crippen LogP contribution < -0.4 is 10.5 Å². The quantitative estimate of drug-likeness (QED) is 0.522. The van der Waals surface area contributed by atoms with Crippen LogP contribution in [0.4, 0.5) is 23.5 Å². The second-order valence-corrected chi connectivity index (χ2v) is 8.91. The number of hydrogen-bond acceptors (Lipinski definition) is 6. The molecule has 3 atom stereocenters. The summed E-state index contributed by atoms with van der Waals surface area (Å²) in [7, 11) is 3.35. The summed E-state index contributed by atoms with van der Waals surface area (Å²) in [4.78, 5) is 37.0. The molecule has 8 nitrogen and oxygen atoms in total. The van der Waals surface area contributed by atoms with E-state index in [-0.39, 0.29) is 46.0 Å². The molecule has 1 saturated heterocycles. The summed E-state index contributed by atoms with van der Waals surface area (Å²) in [5.74, 6) is -1.89. The molecule has 35 heavy (non-hydrogen) atoms. The van der Waals surface area contributed by atoms with E-state index in [0.717, 1.165) is 12.3 Å². The lowest BCUT2D eigenvalue weighted by Gasteiger charge is -2.26. The van der Waals surface area contributed by atoms with Crippen molar-refractivity contribution in [2.45, 2.75) is 19.1 Å². The summed E-state index contributed by atoms with van der Waals surface area (Å²) in [6.45, 7) is 2.05. The molecule has 0 aromatic carbocycles. The molecule has 0 N–H and O–H groups in total. The van der Waals surface area contributed by atoms with Crippen LogP contribution in [-0.4, -0.2) is 51.5 Å². The van der Waals surface area contributed by atoms with Crippen molar-refractivity contribution in [3.05, 3.63) is 63.8 Å².